The maximum Gasteiger partial charge on any atom is 0.418 e. The maximum atomic E-state index is 12.4. The molecule has 0 nitrogen and oxygen atoms in total. The molecular weight excluding hydrogens is 201 g/mol. The zero-order valence-corrected chi connectivity index (χ0v) is 7.92. The van der Waals surface area contributed by atoms with Gasteiger partial charge in [-0.3, -0.25) is 0 Å². The lowest BCUT2D eigenvalue weighted by Gasteiger charge is -2.13. The van der Waals surface area contributed by atoms with E-state index in [2.05, 4.69) is 0 Å². The summed E-state index contributed by atoms with van der Waals surface area (Å²) in [6.07, 6.45) is -4.37. The van der Waals surface area contributed by atoms with E-state index < -0.39 is 11.7 Å². The second-order valence-electron chi connectivity index (χ2n) is 2.89. The van der Waals surface area contributed by atoms with Gasteiger partial charge < -0.3 is 0 Å². The fourth-order valence-corrected chi connectivity index (χ4v) is 1.44. The van der Waals surface area contributed by atoms with Crippen LogP contribution < -0.4 is 0 Å². The molecule has 0 radical (unpaired) electrons. The quantitative estimate of drug-likeness (QED) is 0.605. The van der Waals surface area contributed by atoms with Crippen LogP contribution in [0.3, 0.4) is 0 Å². The molecule has 0 heterocycles. The van der Waals surface area contributed by atoms with Crippen molar-refractivity contribution in [2.75, 3.05) is 0 Å². The lowest BCUT2D eigenvalue weighted by atomic mass is 10.1. The van der Waals surface area contributed by atoms with Crippen molar-refractivity contribution >= 4 is 11.6 Å². The second kappa shape index (κ2) is 3.22. The van der Waals surface area contributed by atoms with Crippen LogP contribution in [0.15, 0.2) is 12.1 Å². The highest BCUT2D eigenvalue weighted by molar-refractivity contribution is 6.32. The Morgan fingerprint density at radius 3 is 1.92 bits per heavy atom. The van der Waals surface area contributed by atoms with Crippen molar-refractivity contribution in [2.24, 2.45) is 0 Å². The van der Waals surface area contributed by atoms with Crippen molar-refractivity contribution in [3.05, 3.63) is 33.8 Å². The number of halogens is 4. The molecule has 0 aliphatic carbocycles. The summed E-state index contributed by atoms with van der Waals surface area (Å²) >= 11 is 5.56. The molecule has 13 heavy (non-hydrogen) atoms. The number of hydrogen-bond donors (Lipinski definition) is 0. The molecule has 0 saturated carbocycles. The topological polar surface area (TPSA) is 0 Å². The first kappa shape index (κ1) is 10.4. The zero-order chi connectivity index (χ0) is 10.2. The molecule has 0 unspecified atom stereocenters. The average Bonchev–Trinajstić information content (AvgIpc) is 1.95. The highest BCUT2D eigenvalue weighted by Gasteiger charge is 2.35. The van der Waals surface area contributed by atoms with Crippen LogP contribution in [0.2, 0.25) is 5.02 Å². The summed E-state index contributed by atoms with van der Waals surface area (Å²) in [7, 11) is 0. The van der Waals surface area contributed by atoms with Crippen molar-refractivity contribution in [3.63, 3.8) is 0 Å². The van der Waals surface area contributed by atoms with Crippen molar-refractivity contribution in [2.45, 2.75) is 20.0 Å². The molecule has 72 valence electrons. The molecule has 0 spiro atoms. The first-order valence-corrected chi connectivity index (χ1v) is 4.04. The Bertz CT molecular complexity index is 328. The van der Waals surface area contributed by atoms with Gasteiger partial charge in [-0.15, -0.1) is 0 Å². The van der Waals surface area contributed by atoms with E-state index in [1.807, 2.05) is 0 Å². The molecule has 1 rings (SSSR count). The molecule has 0 aliphatic heterocycles. The molecule has 0 saturated heterocycles. The fourth-order valence-electron chi connectivity index (χ4n) is 1.12. The maximum absolute atomic E-state index is 12.4. The van der Waals surface area contributed by atoms with E-state index in [1.165, 1.54) is 13.0 Å². The van der Waals surface area contributed by atoms with Gasteiger partial charge in [-0.2, -0.15) is 13.2 Å². The average molecular weight is 209 g/mol. The van der Waals surface area contributed by atoms with E-state index in [0.29, 0.717) is 5.56 Å². The molecule has 0 amide bonds. The molecule has 4 heteroatoms. The smallest absolute Gasteiger partial charge is 0.166 e. The Morgan fingerprint density at radius 1 is 1.08 bits per heavy atom. The highest BCUT2D eigenvalue weighted by Crippen LogP contribution is 2.38. The van der Waals surface area contributed by atoms with E-state index >= 15 is 0 Å². The third kappa shape index (κ3) is 1.97. The molecule has 0 fully saturated rings. The van der Waals surface area contributed by atoms with E-state index in [-0.39, 0.29) is 10.6 Å². The summed E-state index contributed by atoms with van der Waals surface area (Å²) in [5.74, 6) is 0. The lowest BCUT2D eigenvalue weighted by Crippen LogP contribution is -2.09. The van der Waals surface area contributed by atoms with Crippen LogP contribution in [-0.2, 0) is 6.18 Å². The minimum absolute atomic E-state index is 0.156. The Hall–Kier alpha value is -0.700. The molecule has 0 bridgehead atoms. The summed E-state index contributed by atoms with van der Waals surface area (Å²) in [5.41, 5.74) is -0.128. The second-order valence-corrected chi connectivity index (χ2v) is 3.26. The Kier molecular flexibility index (Phi) is 2.57. The third-order valence-electron chi connectivity index (χ3n) is 1.83. The van der Waals surface area contributed by atoms with Crippen LogP contribution in [0.25, 0.3) is 0 Å². The summed E-state index contributed by atoms with van der Waals surface area (Å²) in [5, 5.41) is -0.201. The standard InChI is InChI=1S/C9H8ClF3/c1-5-3-4-6(2)8(10)7(5)9(11,12)13/h3-4H,1-2H3. The van der Waals surface area contributed by atoms with Gasteiger partial charge in [0.05, 0.1) is 10.6 Å². The lowest BCUT2D eigenvalue weighted by molar-refractivity contribution is -0.138. The molecule has 0 aromatic heterocycles. The van der Waals surface area contributed by atoms with Gasteiger partial charge in [-0.1, -0.05) is 23.7 Å². The minimum Gasteiger partial charge on any atom is -0.166 e. The number of rotatable bonds is 0. The van der Waals surface area contributed by atoms with E-state index in [1.54, 1.807) is 13.0 Å². The van der Waals surface area contributed by atoms with Crippen LogP contribution in [0.4, 0.5) is 13.2 Å². The first-order valence-electron chi connectivity index (χ1n) is 3.67. The Morgan fingerprint density at radius 2 is 1.54 bits per heavy atom. The minimum atomic E-state index is -4.37. The van der Waals surface area contributed by atoms with Gasteiger partial charge in [0.1, 0.15) is 0 Å². The van der Waals surface area contributed by atoms with Gasteiger partial charge in [-0.25, -0.2) is 0 Å². The van der Waals surface area contributed by atoms with Gasteiger partial charge in [0.2, 0.25) is 0 Å². The monoisotopic (exact) mass is 208 g/mol. The molecule has 0 aliphatic rings. The van der Waals surface area contributed by atoms with Crippen LogP contribution >= 0.6 is 11.6 Å². The van der Waals surface area contributed by atoms with Gasteiger partial charge >= 0.3 is 6.18 Å². The van der Waals surface area contributed by atoms with Crippen LogP contribution in [0.1, 0.15) is 16.7 Å². The molecule has 0 atom stereocenters. The molecule has 1 aromatic rings. The summed E-state index contributed by atoms with van der Waals surface area (Å²) in [6, 6.07) is 3.00. The molecule has 1 aromatic carbocycles. The Balaban J connectivity index is 3.43. The Labute approximate surface area is 79.3 Å². The zero-order valence-electron chi connectivity index (χ0n) is 7.17. The fraction of sp³-hybridized carbons (Fsp3) is 0.333. The largest absolute Gasteiger partial charge is 0.418 e. The summed E-state index contributed by atoms with van der Waals surface area (Å²) < 4.78 is 37.2. The van der Waals surface area contributed by atoms with E-state index in [9.17, 15) is 13.2 Å². The number of aryl methyl sites for hydroxylation is 2. The van der Waals surface area contributed by atoms with Gasteiger partial charge in [0.25, 0.3) is 0 Å². The van der Waals surface area contributed by atoms with Crippen molar-refractivity contribution in [1.29, 1.82) is 0 Å². The van der Waals surface area contributed by atoms with Crippen molar-refractivity contribution in [3.8, 4) is 0 Å². The van der Waals surface area contributed by atoms with Crippen molar-refractivity contribution in [1.82, 2.24) is 0 Å². The highest BCUT2D eigenvalue weighted by atomic mass is 35.5. The summed E-state index contributed by atoms with van der Waals surface area (Å²) in [4.78, 5) is 0. The van der Waals surface area contributed by atoms with Crippen molar-refractivity contribution < 1.29 is 13.2 Å². The van der Waals surface area contributed by atoms with Crippen LogP contribution in [-0.4, -0.2) is 0 Å². The first-order chi connectivity index (χ1) is 5.84. The molecule has 0 N–H and O–H groups in total. The number of benzene rings is 1. The summed E-state index contributed by atoms with van der Waals surface area (Å²) in [6.45, 7) is 2.95. The molecular formula is C9H8ClF3. The van der Waals surface area contributed by atoms with Crippen LogP contribution in [0.5, 0.6) is 0 Å². The normalized spacial score (nSPS) is 11.8. The van der Waals surface area contributed by atoms with Gasteiger partial charge in [0, 0.05) is 0 Å². The SMILES string of the molecule is Cc1ccc(C)c(C(F)(F)F)c1Cl. The van der Waals surface area contributed by atoms with E-state index in [4.69, 9.17) is 11.6 Å². The third-order valence-corrected chi connectivity index (χ3v) is 2.31. The van der Waals surface area contributed by atoms with Gasteiger partial charge in [0.15, 0.2) is 0 Å². The number of alkyl halides is 3. The van der Waals surface area contributed by atoms with Gasteiger partial charge in [-0.05, 0) is 25.0 Å². The predicted octanol–water partition coefficient (Wildman–Crippen LogP) is 3.98. The van der Waals surface area contributed by atoms with E-state index in [0.717, 1.165) is 0 Å². The van der Waals surface area contributed by atoms with Crippen LogP contribution in [0, 0.1) is 13.8 Å². The number of hydrogen-bond acceptors (Lipinski definition) is 0. The predicted molar refractivity (Wildman–Crippen MR) is 45.9 cm³/mol.